The number of ketones is 1. The summed E-state index contributed by atoms with van der Waals surface area (Å²) in [5.41, 5.74) is 2.21. The Balaban J connectivity index is 1.98. The van der Waals surface area contributed by atoms with Crippen molar-refractivity contribution < 1.29 is 14.3 Å². The van der Waals surface area contributed by atoms with Crippen LogP contribution in [0.5, 0.6) is 0 Å². The first kappa shape index (κ1) is 14.1. The van der Waals surface area contributed by atoms with Gasteiger partial charge in [-0.25, -0.2) is 0 Å². The van der Waals surface area contributed by atoms with Crippen molar-refractivity contribution >= 4 is 11.4 Å². The van der Waals surface area contributed by atoms with Crippen LogP contribution in [-0.2, 0) is 14.3 Å². The Bertz CT molecular complexity index is 625. The zero-order chi connectivity index (χ0) is 14.7. The average Bonchev–Trinajstić information content (AvgIpc) is 3.03. The Hall–Kier alpha value is -1.89. The molecule has 0 bridgehead atoms. The zero-order valence-electron chi connectivity index (χ0n) is 12.1. The van der Waals surface area contributed by atoms with Crippen molar-refractivity contribution in [2.45, 2.75) is 32.0 Å². The first-order chi connectivity index (χ1) is 10.3. The van der Waals surface area contributed by atoms with E-state index in [-0.39, 0.29) is 5.78 Å². The van der Waals surface area contributed by atoms with Crippen molar-refractivity contribution in [3.8, 4) is 11.8 Å². The highest BCUT2D eigenvalue weighted by Crippen LogP contribution is 2.46. The van der Waals surface area contributed by atoms with Crippen LogP contribution < -0.4 is 0 Å². The Morgan fingerprint density at radius 1 is 1.19 bits per heavy atom. The van der Waals surface area contributed by atoms with Gasteiger partial charge in [-0.05, 0) is 12.0 Å². The quantitative estimate of drug-likeness (QED) is 0.631. The Kier molecular flexibility index (Phi) is 3.92. The van der Waals surface area contributed by atoms with E-state index < -0.39 is 5.79 Å². The monoisotopic (exact) mass is 282 g/mol. The zero-order valence-corrected chi connectivity index (χ0v) is 12.1. The van der Waals surface area contributed by atoms with Crippen molar-refractivity contribution in [3.63, 3.8) is 0 Å². The Labute approximate surface area is 124 Å². The topological polar surface area (TPSA) is 35.5 Å². The van der Waals surface area contributed by atoms with Gasteiger partial charge in [0.1, 0.15) is 0 Å². The summed E-state index contributed by atoms with van der Waals surface area (Å²) in [6.07, 6.45) is 2.99. The molecule has 1 aliphatic heterocycles. The van der Waals surface area contributed by atoms with Crippen LogP contribution in [0.25, 0.3) is 5.57 Å². The summed E-state index contributed by atoms with van der Waals surface area (Å²) in [4.78, 5) is 12.5. The maximum atomic E-state index is 12.5. The van der Waals surface area contributed by atoms with E-state index in [2.05, 4.69) is 18.8 Å². The van der Waals surface area contributed by atoms with Crippen LogP contribution in [0.3, 0.4) is 0 Å². The van der Waals surface area contributed by atoms with Crippen LogP contribution >= 0.6 is 0 Å². The molecular formula is C18H18O3. The van der Waals surface area contributed by atoms with Gasteiger partial charge in [0.25, 0.3) is 5.79 Å². The highest BCUT2D eigenvalue weighted by molar-refractivity contribution is 6.34. The number of carbonyl (C=O) groups is 1. The molecule has 1 spiro atoms. The molecule has 2 aliphatic rings. The van der Waals surface area contributed by atoms with Crippen molar-refractivity contribution in [1.29, 1.82) is 0 Å². The summed E-state index contributed by atoms with van der Waals surface area (Å²) in [7, 11) is 0. The molecule has 0 unspecified atom stereocenters. The first-order valence-corrected chi connectivity index (χ1v) is 7.41. The van der Waals surface area contributed by atoms with Gasteiger partial charge in [0, 0.05) is 12.0 Å². The lowest BCUT2D eigenvalue weighted by atomic mass is 9.76. The highest BCUT2D eigenvalue weighted by Gasteiger charge is 2.58. The molecular weight excluding hydrogens is 264 g/mol. The molecule has 0 aromatic heterocycles. The third-order valence-corrected chi connectivity index (χ3v) is 3.73. The molecule has 0 amide bonds. The van der Waals surface area contributed by atoms with Gasteiger partial charge in [-0.3, -0.25) is 4.79 Å². The molecule has 21 heavy (non-hydrogen) atoms. The predicted octanol–water partition coefficient (Wildman–Crippen LogP) is 2.96. The van der Waals surface area contributed by atoms with Crippen LogP contribution in [-0.4, -0.2) is 24.8 Å². The number of carbonyl (C=O) groups excluding carboxylic acids is 1. The van der Waals surface area contributed by atoms with E-state index >= 15 is 0 Å². The van der Waals surface area contributed by atoms with Crippen LogP contribution in [0.2, 0.25) is 0 Å². The van der Waals surface area contributed by atoms with E-state index in [0.717, 1.165) is 24.8 Å². The lowest BCUT2D eigenvalue weighted by Crippen LogP contribution is -2.50. The molecule has 108 valence electrons. The highest BCUT2D eigenvalue weighted by atomic mass is 16.7. The van der Waals surface area contributed by atoms with Gasteiger partial charge in [0.2, 0.25) is 5.78 Å². The normalized spacial score (nSPS) is 19.4. The standard InChI is InChI=1S/C18H18O3/c1-2-3-4-8-11-15-16(14-9-6-5-7-10-14)17(19)18(15)20-12-13-21-18/h5-7,9-10H,2-4,12-13H2,1H3. The molecule has 1 aromatic carbocycles. The van der Waals surface area contributed by atoms with E-state index in [0.29, 0.717) is 24.4 Å². The Morgan fingerprint density at radius 2 is 1.90 bits per heavy atom. The third kappa shape index (κ3) is 2.31. The number of unbranched alkanes of at least 4 members (excludes halogenated alkanes) is 2. The second-order valence-electron chi connectivity index (χ2n) is 5.16. The van der Waals surface area contributed by atoms with E-state index in [1.54, 1.807) is 0 Å². The van der Waals surface area contributed by atoms with Crippen LogP contribution in [0.1, 0.15) is 31.7 Å². The van der Waals surface area contributed by atoms with Gasteiger partial charge < -0.3 is 9.47 Å². The maximum absolute atomic E-state index is 12.5. The molecule has 0 saturated carbocycles. The lowest BCUT2D eigenvalue weighted by Gasteiger charge is -2.36. The molecule has 1 aromatic rings. The maximum Gasteiger partial charge on any atom is 0.270 e. The predicted molar refractivity (Wildman–Crippen MR) is 80.3 cm³/mol. The van der Waals surface area contributed by atoms with Gasteiger partial charge in [0.15, 0.2) is 0 Å². The van der Waals surface area contributed by atoms with Crippen LogP contribution in [0.4, 0.5) is 0 Å². The van der Waals surface area contributed by atoms with E-state index in [4.69, 9.17) is 9.47 Å². The lowest BCUT2D eigenvalue weighted by molar-refractivity contribution is -0.165. The second kappa shape index (κ2) is 5.85. The summed E-state index contributed by atoms with van der Waals surface area (Å²) in [6.45, 7) is 3.01. The Morgan fingerprint density at radius 3 is 2.57 bits per heavy atom. The average molecular weight is 282 g/mol. The summed E-state index contributed by atoms with van der Waals surface area (Å²) < 4.78 is 11.2. The number of hydrogen-bond acceptors (Lipinski definition) is 3. The van der Waals surface area contributed by atoms with Gasteiger partial charge in [0.05, 0.1) is 18.8 Å². The van der Waals surface area contributed by atoms with Crippen LogP contribution in [0, 0.1) is 11.8 Å². The number of hydrogen-bond donors (Lipinski definition) is 0. The minimum absolute atomic E-state index is 0.106. The number of Topliss-reactive ketones (excluding diaryl/α,β-unsaturated/α-hetero) is 1. The number of rotatable bonds is 3. The fourth-order valence-electron chi connectivity index (χ4n) is 2.62. The molecule has 0 N–H and O–H groups in total. The van der Waals surface area contributed by atoms with Gasteiger partial charge in [-0.2, -0.15) is 0 Å². The minimum atomic E-state index is -1.22. The third-order valence-electron chi connectivity index (χ3n) is 3.73. The molecule has 1 aliphatic carbocycles. The van der Waals surface area contributed by atoms with Crippen molar-refractivity contribution in [2.75, 3.05) is 13.2 Å². The SMILES string of the molecule is CCCCC#CC1=C(c2ccccc2)C(=O)C12OCCO2. The van der Waals surface area contributed by atoms with E-state index in [1.807, 2.05) is 30.3 Å². The van der Waals surface area contributed by atoms with Crippen molar-refractivity contribution in [3.05, 3.63) is 41.5 Å². The minimum Gasteiger partial charge on any atom is -0.337 e. The van der Waals surface area contributed by atoms with Gasteiger partial charge in [-0.1, -0.05) is 55.5 Å². The summed E-state index contributed by atoms with van der Waals surface area (Å²) >= 11 is 0. The van der Waals surface area contributed by atoms with Crippen LogP contribution in [0.15, 0.2) is 35.9 Å². The smallest absolute Gasteiger partial charge is 0.270 e. The summed E-state index contributed by atoms with van der Waals surface area (Å²) in [5, 5.41) is 0. The molecule has 1 saturated heterocycles. The molecule has 3 rings (SSSR count). The molecule has 1 heterocycles. The molecule has 3 heteroatoms. The molecule has 0 atom stereocenters. The molecule has 0 radical (unpaired) electrons. The largest absolute Gasteiger partial charge is 0.337 e. The first-order valence-electron chi connectivity index (χ1n) is 7.41. The number of benzene rings is 1. The molecule has 1 fully saturated rings. The summed E-state index contributed by atoms with van der Waals surface area (Å²) in [6, 6.07) is 9.60. The van der Waals surface area contributed by atoms with E-state index in [1.165, 1.54) is 0 Å². The number of ether oxygens (including phenoxy) is 2. The fraction of sp³-hybridized carbons (Fsp3) is 0.389. The fourth-order valence-corrected chi connectivity index (χ4v) is 2.62. The summed E-state index contributed by atoms with van der Waals surface area (Å²) in [5.74, 6) is 4.94. The van der Waals surface area contributed by atoms with Crippen molar-refractivity contribution in [1.82, 2.24) is 0 Å². The van der Waals surface area contributed by atoms with Gasteiger partial charge in [-0.15, -0.1) is 0 Å². The second-order valence-corrected chi connectivity index (χ2v) is 5.16. The van der Waals surface area contributed by atoms with Crippen molar-refractivity contribution in [2.24, 2.45) is 0 Å². The molecule has 3 nitrogen and oxygen atoms in total. The van der Waals surface area contributed by atoms with E-state index in [9.17, 15) is 4.79 Å². The van der Waals surface area contributed by atoms with Gasteiger partial charge >= 0.3 is 0 Å².